The molecule has 1 aromatic carbocycles. The Balaban J connectivity index is 3.09. The molecule has 1 aromatic rings. The first kappa shape index (κ1) is 7.72. The van der Waals surface area contributed by atoms with Gasteiger partial charge in [-0.1, -0.05) is 11.6 Å². The van der Waals surface area contributed by atoms with Crippen LogP contribution in [0.3, 0.4) is 0 Å². The Kier molecular flexibility index (Phi) is 2.43. The number of rotatable bonds is 1. The van der Waals surface area contributed by atoms with E-state index in [4.69, 9.17) is 17.4 Å². The molecule has 0 aliphatic rings. The second kappa shape index (κ2) is 3.14. The highest BCUT2D eigenvalue weighted by Crippen LogP contribution is 2.23. The molecule has 3 N–H and O–H groups in total. The van der Waals surface area contributed by atoms with E-state index in [0.717, 1.165) is 4.90 Å². The molecule has 0 heterocycles. The topological polar surface area (TPSA) is 38.0 Å². The molecule has 0 fully saturated rings. The summed E-state index contributed by atoms with van der Waals surface area (Å²) in [4.78, 5) is 0.831. The molecular formula is C6H7ClN2S. The Hall–Kier alpha value is -0.380. The maximum Gasteiger partial charge on any atom is 0.0683 e. The Labute approximate surface area is 69.7 Å². The standard InChI is InChI=1S/C6H7ClN2S/c7-5-2-1-4(10)3-6(5)9-8/h1-3,9-10H,8H2. The highest BCUT2D eigenvalue weighted by molar-refractivity contribution is 7.80. The number of halogens is 1. The quantitative estimate of drug-likeness (QED) is 0.346. The summed E-state index contributed by atoms with van der Waals surface area (Å²) in [6, 6.07) is 5.29. The van der Waals surface area contributed by atoms with Crippen LogP contribution in [0.25, 0.3) is 0 Å². The minimum Gasteiger partial charge on any atom is -0.323 e. The summed E-state index contributed by atoms with van der Waals surface area (Å²) in [6.45, 7) is 0. The lowest BCUT2D eigenvalue weighted by Gasteiger charge is -2.01. The number of nitrogens with one attached hydrogen (secondary N) is 1. The molecule has 2 nitrogen and oxygen atoms in total. The van der Waals surface area contributed by atoms with Gasteiger partial charge in [0.05, 0.1) is 10.7 Å². The Morgan fingerprint density at radius 2 is 2.20 bits per heavy atom. The van der Waals surface area contributed by atoms with Crippen LogP contribution in [0.2, 0.25) is 5.02 Å². The second-order valence-corrected chi connectivity index (χ2v) is 2.73. The van der Waals surface area contributed by atoms with Crippen molar-refractivity contribution in [3.05, 3.63) is 23.2 Å². The lowest BCUT2D eigenvalue weighted by molar-refractivity contribution is 1.32. The maximum atomic E-state index is 5.72. The van der Waals surface area contributed by atoms with Crippen LogP contribution in [-0.4, -0.2) is 0 Å². The van der Waals surface area contributed by atoms with Gasteiger partial charge in [-0.3, -0.25) is 5.84 Å². The van der Waals surface area contributed by atoms with Gasteiger partial charge >= 0.3 is 0 Å². The zero-order valence-corrected chi connectivity index (χ0v) is 6.78. The van der Waals surface area contributed by atoms with Gasteiger partial charge in [0.1, 0.15) is 0 Å². The van der Waals surface area contributed by atoms with Crippen molar-refractivity contribution in [2.75, 3.05) is 5.43 Å². The maximum absolute atomic E-state index is 5.72. The van der Waals surface area contributed by atoms with Gasteiger partial charge in [0, 0.05) is 4.90 Å². The molecule has 0 saturated heterocycles. The van der Waals surface area contributed by atoms with Crippen LogP contribution in [0.1, 0.15) is 0 Å². The number of nitrogens with two attached hydrogens (primary N) is 1. The van der Waals surface area contributed by atoms with E-state index in [9.17, 15) is 0 Å². The van der Waals surface area contributed by atoms with Crippen molar-refractivity contribution in [1.82, 2.24) is 0 Å². The van der Waals surface area contributed by atoms with Gasteiger partial charge in [-0.15, -0.1) is 12.6 Å². The summed E-state index contributed by atoms with van der Waals surface area (Å²) < 4.78 is 0. The number of thiol groups is 1. The fourth-order valence-corrected chi connectivity index (χ4v) is 1.000. The van der Waals surface area contributed by atoms with E-state index in [2.05, 4.69) is 18.1 Å². The number of nitrogen functional groups attached to an aromatic ring is 1. The zero-order chi connectivity index (χ0) is 7.56. The molecular weight excluding hydrogens is 168 g/mol. The van der Waals surface area contributed by atoms with Crippen molar-refractivity contribution in [2.45, 2.75) is 4.90 Å². The smallest absolute Gasteiger partial charge is 0.0683 e. The van der Waals surface area contributed by atoms with Gasteiger partial charge in [0.25, 0.3) is 0 Å². The number of hydrogen-bond donors (Lipinski definition) is 3. The first-order valence-corrected chi connectivity index (χ1v) is 3.51. The molecule has 0 aliphatic carbocycles. The molecule has 0 spiro atoms. The minimum atomic E-state index is 0.598. The summed E-state index contributed by atoms with van der Waals surface area (Å²) in [7, 11) is 0. The molecule has 1 rings (SSSR count). The van der Waals surface area contributed by atoms with Gasteiger partial charge in [-0.05, 0) is 18.2 Å². The summed E-state index contributed by atoms with van der Waals surface area (Å²) in [5, 5.41) is 0.598. The number of benzene rings is 1. The van der Waals surface area contributed by atoms with E-state index in [1.165, 1.54) is 0 Å². The van der Waals surface area contributed by atoms with Crippen molar-refractivity contribution >= 4 is 29.9 Å². The largest absolute Gasteiger partial charge is 0.323 e. The second-order valence-electron chi connectivity index (χ2n) is 1.81. The van der Waals surface area contributed by atoms with E-state index < -0.39 is 0 Å². The van der Waals surface area contributed by atoms with Gasteiger partial charge < -0.3 is 5.43 Å². The summed E-state index contributed by atoms with van der Waals surface area (Å²) in [5.41, 5.74) is 3.14. The van der Waals surface area contributed by atoms with Crippen LogP contribution in [0, 0.1) is 0 Å². The summed E-state index contributed by atoms with van der Waals surface area (Å²) in [6.07, 6.45) is 0. The predicted molar refractivity (Wildman–Crippen MR) is 46.5 cm³/mol. The molecule has 0 radical (unpaired) electrons. The van der Waals surface area contributed by atoms with Crippen molar-refractivity contribution in [3.8, 4) is 0 Å². The average Bonchev–Trinajstić information content (AvgIpc) is 1.94. The Morgan fingerprint density at radius 3 is 2.70 bits per heavy atom. The van der Waals surface area contributed by atoms with Gasteiger partial charge in [-0.2, -0.15) is 0 Å². The molecule has 0 atom stereocenters. The van der Waals surface area contributed by atoms with Crippen LogP contribution >= 0.6 is 24.2 Å². The van der Waals surface area contributed by atoms with Crippen LogP contribution < -0.4 is 11.3 Å². The summed E-state index contributed by atoms with van der Waals surface area (Å²) >= 11 is 9.82. The normalized spacial score (nSPS) is 9.50. The molecule has 0 saturated carbocycles. The monoisotopic (exact) mass is 174 g/mol. The lowest BCUT2D eigenvalue weighted by atomic mass is 10.3. The van der Waals surface area contributed by atoms with E-state index in [-0.39, 0.29) is 0 Å². The Morgan fingerprint density at radius 1 is 1.50 bits per heavy atom. The highest BCUT2D eigenvalue weighted by Gasteiger charge is 1.96. The SMILES string of the molecule is NNc1cc(S)ccc1Cl. The summed E-state index contributed by atoms with van der Waals surface area (Å²) in [5.74, 6) is 5.15. The van der Waals surface area contributed by atoms with Crippen LogP contribution in [0.5, 0.6) is 0 Å². The van der Waals surface area contributed by atoms with Crippen LogP contribution in [0.4, 0.5) is 5.69 Å². The first-order chi connectivity index (χ1) is 4.74. The van der Waals surface area contributed by atoms with E-state index >= 15 is 0 Å². The van der Waals surface area contributed by atoms with Gasteiger partial charge in [0.15, 0.2) is 0 Å². The third-order valence-electron chi connectivity index (χ3n) is 1.11. The Bertz CT molecular complexity index is 239. The molecule has 54 valence electrons. The molecule has 0 unspecified atom stereocenters. The van der Waals surface area contributed by atoms with Crippen molar-refractivity contribution in [1.29, 1.82) is 0 Å². The van der Waals surface area contributed by atoms with Crippen molar-refractivity contribution in [2.24, 2.45) is 5.84 Å². The number of hydrogen-bond acceptors (Lipinski definition) is 3. The average molecular weight is 175 g/mol. The third-order valence-corrected chi connectivity index (χ3v) is 1.71. The van der Waals surface area contributed by atoms with E-state index in [1.807, 2.05) is 0 Å². The lowest BCUT2D eigenvalue weighted by Crippen LogP contribution is -2.06. The minimum absolute atomic E-state index is 0.598. The van der Waals surface area contributed by atoms with Crippen LogP contribution in [-0.2, 0) is 0 Å². The first-order valence-electron chi connectivity index (χ1n) is 2.69. The third kappa shape index (κ3) is 1.56. The fourth-order valence-electron chi connectivity index (χ4n) is 0.624. The molecule has 4 heteroatoms. The predicted octanol–water partition coefficient (Wildman–Crippen LogP) is 1.91. The highest BCUT2D eigenvalue weighted by atomic mass is 35.5. The number of anilines is 1. The number of hydrazine groups is 1. The van der Waals surface area contributed by atoms with Crippen molar-refractivity contribution < 1.29 is 0 Å². The molecule has 0 amide bonds. The van der Waals surface area contributed by atoms with Crippen LogP contribution in [0.15, 0.2) is 23.1 Å². The van der Waals surface area contributed by atoms with E-state index in [0.29, 0.717) is 10.7 Å². The van der Waals surface area contributed by atoms with E-state index in [1.54, 1.807) is 18.2 Å². The zero-order valence-electron chi connectivity index (χ0n) is 5.13. The molecule has 0 aliphatic heterocycles. The van der Waals surface area contributed by atoms with Gasteiger partial charge in [-0.25, -0.2) is 0 Å². The molecule has 0 aromatic heterocycles. The van der Waals surface area contributed by atoms with Crippen molar-refractivity contribution in [3.63, 3.8) is 0 Å². The van der Waals surface area contributed by atoms with Gasteiger partial charge in [0.2, 0.25) is 0 Å². The molecule has 10 heavy (non-hydrogen) atoms. The fraction of sp³-hybridized carbons (Fsp3) is 0. The molecule has 0 bridgehead atoms.